The number of methoxy groups -OCH3 is 1. The highest BCUT2D eigenvalue weighted by atomic mass is 32.1. The molecule has 0 bridgehead atoms. The molecule has 1 aromatic heterocycles. The lowest BCUT2D eigenvalue weighted by molar-refractivity contribution is -0.141. The number of carbonyl (C=O) groups excluding carboxylic acids is 2. The average molecular weight is 299 g/mol. The van der Waals surface area contributed by atoms with Gasteiger partial charge >= 0.3 is 11.9 Å². The maximum atomic E-state index is 11.7. The van der Waals surface area contributed by atoms with Crippen molar-refractivity contribution in [3.05, 3.63) is 22.4 Å². The van der Waals surface area contributed by atoms with Gasteiger partial charge in [0, 0.05) is 17.7 Å². The van der Waals surface area contributed by atoms with Gasteiger partial charge in [-0.2, -0.15) is 0 Å². The van der Waals surface area contributed by atoms with E-state index in [1.165, 1.54) is 18.4 Å². The SMILES string of the molecule is COC(=O)CC(NC(=O)CCCC(=O)O)c1cccs1. The van der Waals surface area contributed by atoms with Crippen LogP contribution in [0.25, 0.3) is 0 Å². The summed E-state index contributed by atoms with van der Waals surface area (Å²) in [5.41, 5.74) is 0. The Morgan fingerprint density at radius 2 is 2.15 bits per heavy atom. The Kier molecular flexibility index (Phi) is 6.72. The minimum absolute atomic E-state index is 0.0475. The third kappa shape index (κ3) is 5.83. The Balaban J connectivity index is 2.54. The van der Waals surface area contributed by atoms with Crippen LogP contribution in [0.2, 0.25) is 0 Å². The Labute approximate surface area is 120 Å². The number of carboxylic acids is 1. The molecule has 1 aromatic rings. The molecule has 1 unspecified atom stereocenters. The van der Waals surface area contributed by atoms with Gasteiger partial charge in [-0.1, -0.05) is 6.07 Å². The molecule has 7 heteroatoms. The molecule has 0 spiro atoms. The molecule has 0 fully saturated rings. The first-order valence-electron chi connectivity index (χ1n) is 6.14. The first-order valence-corrected chi connectivity index (χ1v) is 7.02. The Hall–Kier alpha value is -1.89. The lowest BCUT2D eigenvalue weighted by Gasteiger charge is -2.16. The minimum Gasteiger partial charge on any atom is -0.481 e. The van der Waals surface area contributed by atoms with Gasteiger partial charge in [0.15, 0.2) is 0 Å². The van der Waals surface area contributed by atoms with E-state index in [0.29, 0.717) is 0 Å². The van der Waals surface area contributed by atoms with E-state index in [9.17, 15) is 14.4 Å². The molecule has 1 rings (SSSR count). The van der Waals surface area contributed by atoms with Crippen LogP contribution in [0.4, 0.5) is 0 Å². The van der Waals surface area contributed by atoms with E-state index in [-0.39, 0.29) is 31.6 Å². The third-order valence-electron chi connectivity index (χ3n) is 2.61. The van der Waals surface area contributed by atoms with Crippen LogP contribution in [0.5, 0.6) is 0 Å². The number of hydrogen-bond donors (Lipinski definition) is 2. The van der Waals surface area contributed by atoms with Crippen LogP contribution in [-0.2, 0) is 19.1 Å². The molecule has 2 N–H and O–H groups in total. The molecule has 0 radical (unpaired) electrons. The van der Waals surface area contributed by atoms with Gasteiger partial charge < -0.3 is 15.2 Å². The zero-order valence-corrected chi connectivity index (χ0v) is 11.9. The number of thiophene rings is 1. The van der Waals surface area contributed by atoms with Crippen LogP contribution in [-0.4, -0.2) is 30.1 Å². The van der Waals surface area contributed by atoms with Crippen molar-refractivity contribution < 1.29 is 24.2 Å². The van der Waals surface area contributed by atoms with E-state index >= 15 is 0 Å². The standard InChI is InChI=1S/C13H17NO5S/c1-19-13(18)8-9(10-4-3-7-20-10)14-11(15)5-2-6-12(16)17/h3-4,7,9H,2,5-6,8H2,1H3,(H,14,15)(H,16,17). The van der Waals surface area contributed by atoms with Gasteiger partial charge in [-0.05, 0) is 17.9 Å². The largest absolute Gasteiger partial charge is 0.481 e. The fourth-order valence-electron chi connectivity index (χ4n) is 1.63. The Bertz CT molecular complexity index is 457. The maximum absolute atomic E-state index is 11.7. The first-order chi connectivity index (χ1) is 9.52. The van der Waals surface area contributed by atoms with E-state index in [4.69, 9.17) is 5.11 Å². The van der Waals surface area contributed by atoms with Crippen LogP contribution in [0.1, 0.15) is 36.6 Å². The van der Waals surface area contributed by atoms with Crippen molar-refractivity contribution in [1.29, 1.82) is 0 Å². The van der Waals surface area contributed by atoms with Crippen molar-refractivity contribution >= 4 is 29.2 Å². The number of hydrogen-bond acceptors (Lipinski definition) is 5. The number of aliphatic carboxylic acids is 1. The highest BCUT2D eigenvalue weighted by molar-refractivity contribution is 7.10. The van der Waals surface area contributed by atoms with Crippen molar-refractivity contribution in [2.24, 2.45) is 0 Å². The first kappa shape index (κ1) is 16.2. The van der Waals surface area contributed by atoms with Gasteiger partial charge in [0.2, 0.25) is 5.91 Å². The molecule has 1 amide bonds. The molecule has 0 aromatic carbocycles. The summed E-state index contributed by atoms with van der Waals surface area (Å²) in [6, 6.07) is 3.23. The smallest absolute Gasteiger partial charge is 0.307 e. The predicted octanol–water partition coefficient (Wildman–Crippen LogP) is 1.72. The fraction of sp³-hybridized carbons (Fsp3) is 0.462. The molecule has 0 aliphatic heterocycles. The van der Waals surface area contributed by atoms with Crippen molar-refractivity contribution in [1.82, 2.24) is 5.32 Å². The van der Waals surface area contributed by atoms with Crippen LogP contribution in [0.3, 0.4) is 0 Å². The van der Waals surface area contributed by atoms with Gasteiger partial charge in [-0.25, -0.2) is 0 Å². The summed E-state index contributed by atoms with van der Waals surface area (Å²) in [5.74, 6) is -1.61. The number of carbonyl (C=O) groups is 3. The monoisotopic (exact) mass is 299 g/mol. The normalized spacial score (nSPS) is 11.7. The summed E-state index contributed by atoms with van der Waals surface area (Å²) < 4.78 is 4.61. The molecule has 20 heavy (non-hydrogen) atoms. The van der Waals surface area contributed by atoms with Gasteiger partial charge in [0.1, 0.15) is 0 Å². The number of amides is 1. The molecule has 0 saturated heterocycles. The topological polar surface area (TPSA) is 92.7 Å². The summed E-state index contributed by atoms with van der Waals surface area (Å²) in [6.07, 6.45) is 0.404. The van der Waals surface area contributed by atoms with Crippen LogP contribution in [0.15, 0.2) is 17.5 Å². The molecular formula is C13H17NO5S. The van der Waals surface area contributed by atoms with Crippen LogP contribution < -0.4 is 5.32 Å². The van der Waals surface area contributed by atoms with E-state index in [2.05, 4.69) is 10.1 Å². The Morgan fingerprint density at radius 1 is 1.40 bits per heavy atom. The minimum atomic E-state index is -0.929. The molecule has 0 aliphatic rings. The van der Waals surface area contributed by atoms with Crippen LogP contribution >= 0.6 is 11.3 Å². The molecule has 6 nitrogen and oxygen atoms in total. The highest BCUT2D eigenvalue weighted by Gasteiger charge is 2.19. The summed E-state index contributed by atoms with van der Waals surface area (Å²) in [4.78, 5) is 34.3. The van der Waals surface area contributed by atoms with Crippen LogP contribution in [0, 0.1) is 0 Å². The van der Waals surface area contributed by atoms with E-state index < -0.39 is 18.0 Å². The highest BCUT2D eigenvalue weighted by Crippen LogP contribution is 2.22. The average Bonchev–Trinajstić information content (AvgIpc) is 2.91. The zero-order valence-electron chi connectivity index (χ0n) is 11.1. The van der Waals surface area contributed by atoms with E-state index in [0.717, 1.165) is 4.88 Å². The Morgan fingerprint density at radius 3 is 2.70 bits per heavy atom. The van der Waals surface area contributed by atoms with Gasteiger partial charge in [-0.3, -0.25) is 14.4 Å². The molecule has 1 heterocycles. The second-order valence-electron chi connectivity index (χ2n) is 4.16. The summed E-state index contributed by atoms with van der Waals surface area (Å²) >= 11 is 1.44. The van der Waals surface area contributed by atoms with Gasteiger partial charge in [0.25, 0.3) is 0 Å². The fourth-order valence-corrected chi connectivity index (χ4v) is 2.41. The summed E-state index contributed by atoms with van der Waals surface area (Å²) in [5, 5.41) is 13.1. The molecule has 0 saturated carbocycles. The summed E-state index contributed by atoms with van der Waals surface area (Å²) in [6.45, 7) is 0. The second kappa shape index (κ2) is 8.31. The number of nitrogens with one attached hydrogen (secondary N) is 1. The van der Waals surface area contributed by atoms with Crippen molar-refractivity contribution in [2.75, 3.05) is 7.11 Å². The maximum Gasteiger partial charge on any atom is 0.307 e. The predicted molar refractivity (Wildman–Crippen MR) is 73.3 cm³/mol. The second-order valence-corrected chi connectivity index (χ2v) is 5.14. The molecular weight excluding hydrogens is 282 g/mol. The van der Waals surface area contributed by atoms with E-state index in [1.807, 2.05) is 17.5 Å². The van der Waals surface area contributed by atoms with Crippen molar-refractivity contribution in [2.45, 2.75) is 31.7 Å². The van der Waals surface area contributed by atoms with Crippen molar-refractivity contribution in [3.63, 3.8) is 0 Å². The lowest BCUT2D eigenvalue weighted by atomic mass is 10.1. The lowest BCUT2D eigenvalue weighted by Crippen LogP contribution is -2.29. The molecule has 1 atom stereocenters. The third-order valence-corrected chi connectivity index (χ3v) is 3.60. The van der Waals surface area contributed by atoms with E-state index in [1.54, 1.807) is 0 Å². The summed E-state index contributed by atoms with van der Waals surface area (Å²) in [7, 11) is 1.29. The molecule has 0 aliphatic carbocycles. The number of rotatable bonds is 8. The number of ether oxygens (including phenoxy) is 1. The number of carboxylic acid groups (broad SMARTS) is 1. The van der Waals surface area contributed by atoms with Crippen molar-refractivity contribution in [3.8, 4) is 0 Å². The molecule has 110 valence electrons. The van der Waals surface area contributed by atoms with Gasteiger partial charge in [0.05, 0.1) is 19.6 Å². The zero-order chi connectivity index (χ0) is 15.0. The quantitative estimate of drug-likeness (QED) is 0.713. The number of esters is 1. The van der Waals surface area contributed by atoms with Gasteiger partial charge in [-0.15, -0.1) is 11.3 Å².